The molecule has 0 unspecified atom stereocenters. The highest BCUT2D eigenvalue weighted by atomic mass is 19.3. The summed E-state index contributed by atoms with van der Waals surface area (Å²) in [6.07, 6.45) is 4.32. The number of nitrogens with zero attached hydrogens (tertiary/aromatic N) is 5. The van der Waals surface area contributed by atoms with E-state index in [0.717, 1.165) is 22.0 Å². The second kappa shape index (κ2) is 9.99. The number of halogens is 2. The molecule has 2 aromatic carbocycles. The minimum absolute atomic E-state index is 0.144. The maximum atomic E-state index is 15.1. The molecular formula is C33H30F2N6O2. The van der Waals surface area contributed by atoms with Gasteiger partial charge in [0.15, 0.2) is 0 Å². The van der Waals surface area contributed by atoms with Crippen molar-refractivity contribution >= 4 is 34.2 Å². The zero-order valence-corrected chi connectivity index (χ0v) is 23.6. The second-order valence-electron chi connectivity index (χ2n) is 11.8. The van der Waals surface area contributed by atoms with Crippen LogP contribution in [0, 0.1) is 11.3 Å². The predicted molar refractivity (Wildman–Crippen MR) is 157 cm³/mol. The van der Waals surface area contributed by atoms with Crippen molar-refractivity contribution in [3.8, 4) is 6.07 Å². The lowest BCUT2D eigenvalue weighted by Crippen LogP contribution is -2.66. The summed E-state index contributed by atoms with van der Waals surface area (Å²) < 4.78 is 30.3. The van der Waals surface area contributed by atoms with Gasteiger partial charge in [-0.05, 0) is 66.1 Å². The van der Waals surface area contributed by atoms with Crippen molar-refractivity contribution in [1.82, 2.24) is 14.9 Å². The average molecular weight is 581 g/mol. The average Bonchev–Trinajstić information content (AvgIpc) is 3.68. The Morgan fingerprint density at radius 1 is 1.12 bits per heavy atom. The number of aryl methyl sites for hydroxylation is 2. The van der Waals surface area contributed by atoms with Crippen molar-refractivity contribution < 1.29 is 18.4 Å². The Balaban J connectivity index is 1.40. The quantitative estimate of drug-likeness (QED) is 0.318. The van der Waals surface area contributed by atoms with E-state index in [2.05, 4.69) is 16.4 Å². The van der Waals surface area contributed by atoms with Crippen LogP contribution in [0.15, 0.2) is 73.1 Å². The molecule has 2 aliphatic carbocycles. The summed E-state index contributed by atoms with van der Waals surface area (Å²) in [4.78, 5) is 35.8. The van der Waals surface area contributed by atoms with Crippen LogP contribution in [-0.4, -0.2) is 39.4 Å². The van der Waals surface area contributed by atoms with Gasteiger partial charge in [-0.25, -0.2) is 13.8 Å². The largest absolute Gasteiger partial charge is 0.350 e. The second-order valence-corrected chi connectivity index (χ2v) is 11.8. The molecule has 7 rings (SSSR count). The van der Waals surface area contributed by atoms with Crippen LogP contribution in [0.25, 0.3) is 10.9 Å². The molecule has 2 amide bonds. The normalized spacial score (nSPS) is 22.8. The standard InChI is InChI=1S/C33H30F2N6O2/c1-39-15-12-23-6-7-25(17-28(23)39)41(31(43)27-8-9-30(42)40(27)29-16-21(20-36)11-14-37-29)33(38-24-18-32(34,35)19-24)13-10-22-4-2-3-5-26(22)33/h2-7,11-12,14-17,24,27,38H,8-10,13,18-19H2,1H3/t27-,33-/m0/s1. The summed E-state index contributed by atoms with van der Waals surface area (Å²) in [6.45, 7) is 0. The third kappa shape index (κ3) is 4.46. The summed E-state index contributed by atoms with van der Waals surface area (Å²) in [5, 5.41) is 14.0. The fraction of sp³-hybridized carbons (Fsp3) is 0.333. The Hall–Kier alpha value is -4.62. The highest BCUT2D eigenvalue weighted by molar-refractivity contribution is 6.09. The van der Waals surface area contributed by atoms with Crippen LogP contribution in [0.5, 0.6) is 0 Å². The van der Waals surface area contributed by atoms with E-state index in [0.29, 0.717) is 24.1 Å². The molecule has 2 fully saturated rings. The number of benzene rings is 2. The number of carbonyl (C=O) groups excluding carboxylic acids is 2. The third-order valence-corrected chi connectivity index (χ3v) is 9.10. The van der Waals surface area contributed by atoms with E-state index in [1.54, 1.807) is 11.0 Å². The van der Waals surface area contributed by atoms with Crippen molar-refractivity contribution in [2.45, 2.75) is 62.2 Å². The van der Waals surface area contributed by atoms with Crippen molar-refractivity contribution in [1.29, 1.82) is 5.26 Å². The number of rotatable bonds is 6. The summed E-state index contributed by atoms with van der Waals surface area (Å²) in [7, 11) is 1.93. The Labute approximate surface area is 247 Å². The third-order valence-electron chi connectivity index (χ3n) is 9.10. The number of alkyl halides is 2. The van der Waals surface area contributed by atoms with Gasteiger partial charge in [0.25, 0.3) is 11.8 Å². The molecule has 3 heterocycles. The lowest BCUT2D eigenvalue weighted by molar-refractivity contribution is -0.124. The van der Waals surface area contributed by atoms with Gasteiger partial charge in [-0.15, -0.1) is 0 Å². The SMILES string of the molecule is Cn1ccc2ccc(N(C(=O)[C@@H]3CCC(=O)N3c3cc(C#N)ccn3)[C@@]3(NC4CC(F)(F)C4)CCc4ccccc43)cc21. The molecule has 0 radical (unpaired) electrons. The summed E-state index contributed by atoms with van der Waals surface area (Å²) >= 11 is 0. The Bertz CT molecular complexity index is 1800. The molecule has 4 aromatic rings. The minimum Gasteiger partial charge on any atom is -0.350 e. The molecule has 2 aromatic heterocycles. The highest BCUT2D eigenvalue weighted by Gasteiger charge is 2.55. The Kier molecular flexibility index (Phi) is 6.32. The molecule has 10 heteroatoms. The number of pyridine rings is 1. The molecule has 0 bridgehead atoms. The molecule has 3 aliphatic rings. The maximum Gasteiger partial charge on any atom is 0.252 e. The van der Waals surface area contributed by atoms with Gasteiger partial charge in [0, 0.05) is 55.9 Å². The number of hydrogen-bond donors (Lipinski definition) is 1. The monoisotopic (exact) mass is 580 g/mol. The molecule has 218 valence electrons. The summed E-state index contributed by atoms with van der Waals surface area (Å²) in [5.74, 6) is -3.10. The van der Waals surface area contributed by atoms with E-state index in [4.69, 9.17) is 0 Å². The van der Waals surface area contributed by atoms with Crippen LogP contribution >= 0.6 is 0 Å². The maximum absolute atomic E-state index is 15.1. The minimum atomic E-state index is -2.75. The Morgan fingerprint density at radius 3 is 2.72 bits per heavy atom. The van der Waals surface area contributed by atoms with Crippen LogP contribution in [0.3, 0.4) is 0 Å². The number of nitrogens with one attached hydrogen (secondary N) is 1. The van der Waals surface area contributed by atoms with Crippen molar-refractivity contribution in [3.05, 3.63) is 89.7 Å². The van der Waals surface area contributed by atoms with Crippen molar-refractivity contribution in [2.24, 2.45) is 7.05 Å². The first-order valence-corrected chi connectivity index (χ1v) is 14.5. The smallest absolute Gasteiger partial charge is 0.252 e. The molecule has 1 aliphatic heterocycles. The number of nitriles is 1. The number of aromatic nitrogens is 2. The van der Waals surface area contributed by atoms with Gasteiger partial charge >= 0.3 is 0 Å². The van der Waals surface area contributed by atoms with E-state index >= 15 is 4.79 Å². The van der Waals surface area contributed by atoms with Gasteiger partial charge in [-0.1, -0.05) is 30.3 Å². The molecule has 2 atom stereocenters. The lowest BCUT2D eigenvalue weighted by Gasteiger charge is -2.49. The van der Waals surface area contributed by atoms with Crippen LogP contribution in [0.4, 0.5) is 20.3 Å². The van der Waals surface area contributed by atoms with Gasteiger partial charge < -0.3 is 4.57 Å². The van der Waals surface area contributed by atoms with E-state index in [-0.39, 0.29) is 43.3 Å². The van der Waals surface area contributed by atoms with Crippen LogP contribution in [0.2, 0.25) is 0 Å². The predicted octanol–water partition coefficient (Wildman–Crippen LogP) is 5.16. The summed E-state index contributed by atoms with van der Waals surface area (Å²) in [6, 6.07) is 19.3. The lowest BCUT2D eigenvalue weighted by atomic mass is 9.85. The zero-order chi connectivity index (χ0) is 29.9. The van der Waals surface area contributed by atoms with Crippen molar-refractivity contribution in [3.63, 3.8) is 0 Å². The van der Waals surface area contributed by atoms with E-state index in [9.17, 15) is 18.8 Å². The molecular weight excluding hydrogens is 550 g/mol. The van der Waals surface area contributed by atoms with E-state index in [1.807, 2.05) is 66.3 Å². The highest BCUT2D eigenvalue weighted by Crippen LogP contribution is 2.47. The topological polar surface area (TPSA) is 94.3 Å². The number of amides is 2. The Morgan fingerprint density at radius 2 is 1.93 bits per heavy atom. The van der Waals surface area contributed by atoms with Gasteiger partial charge in [0.1, 0.15) is 17.5 Å². The number of carbonyl (C=O) groups is 2. The number of fused-ring (bicyclic) bond motifs is 2. The molecule has 1 N–H and O–H groups in total. The first-order valence-electron chi connectivity index (χ1n) is 14.5. The molecule has 1 saturated heterocycles. The molecule has 1 saturated carbocycles. The first kappa shape index (κ1) is 27.2. The van der Waals surface area contributed by atoms with Crippen LogP contribution in [-0.2, 0) is 28.7 Å². The van der Waals surface area contributed by atoms with Gasteiger partial charge in [0.2, 0.25) is 5.91 Å². The number of anilines is 2. The van der Waals surface area contributed by atoms with E-state index in [1.165, 1.54) is 17.2 Å². The summed E-state index contributed by atoms with van der Waals surface area (Å²) in [5.41, 5.74) is 2.64. The first-order chi connectivity index (χ1) is 20.7. The van der Waals surface area contributed by atoms with Crippen LogP contribution < -0.4 is 15.1 Å². The zero-order valence-electron chi connectivity index (χ0n) is 23.6. The molecule has 43 heavy (non-hydrogen) atoms. The van der Waals surface area contributed by atoms with Crippen LogP contribution in [0.1, 0.15) is 48.8 Å². The van der Waals surface area contributed by atoms with Gasteiger partial charge in [-0.2, -0.15) is 5.26 Å². The molecule has 0 spiro atoms. The van der Waals surface area contributed by atoms with Crippen molar-refractivity contribution in [2.75, 3.05) is 9.80 Å². The fourth-order valence-corrected chi connectivity index (χ4v) is 7.04. The number of hydrogen-bond acceptors (Lipinski definition) is 5. The molecule has 8 nitrogen and oxygen atoms in total. The van der Waals surface area contributed by atoms with Gasteiger partial charge in [0.05, 0.1) is 11.6 Å². The van der Waals surface area contributed by atoms with Gasteiger partial charge in [-0.3, -0.25) is 24.7 Å². The van der Waals surface area contributed by atoms with E-state index < -0.39 is 23.7 Å². The fourth-order valence-electron chi connectivity index (χ4n) is 7.04.